The highest BCUT2D eigenvalue weighted by Crippen LogP contribution is 2.12. The molecule has 1 aromatic carbocycles. The lowest BCUT2D eigenvalue weighted by Crippen LogP contribution is -2.32. The smallest absolute Gasteiger partial charge is 0.407 e. The maximum absolute atomic E-state index is 12.2. The van der Waals surface area contributed by atoms with Crippen molar-refractivity contribution in [1.29, 1.82) is 0 Å². The van der Waals surface area contributed by atoms with Gasteiger partial charge in [0.05, 0.1) is 5.02 Å². The average Bonchev–Trinajstić information content (AvgIpc) is 2.54. The molecule has 0 unspecified atom stereocenters. The van der Waals surface area contributed by atoms with E-state index in [4.69, 9.17) is 16.3 Å². The van der Waals surface area contributed by atoms with Gasteiger partial charge in [-0.2, -0.15) is 0 Å². The summed E-state index contributed by atoms with van der Waals surface area (Å²) in [5, 5.41) is 5.85. The molecular formula is C18H20ClN3O3. The van der Waals surface area contributed by atoms with Gasteiger partial charge in [-0.25, -0.2) is 9.78 Å². The number of aromatic nitrogens is 1. The molecule has 2 aromatic rings. The number of nitrogens with zero attached hydrogens (tertiary/aromatic N) is 1. The molecule has 25 heavy (non-hydrogen) atoms. The molecule has 0 aliphatic carbocycles. The van der Waals surface area contributed by atoms with Gasteiger partial charge in [0.15, 0.2) is 0 Å². The summed E-state index contributed by atoms with van der Waals surface area (Å²) in [5.41, 5.74) is 0.798. The highest BCUT2D eigenvalue weighted by atomic mass is 35.5. The molecule has 2 N–H and O–H groups in total. The van der Waals surface area contributed by atoms with Crippen molar-refractivity contribution < 1.29 is 14.3 Å². The Labute approximate surface area is 151 Å². The van der Waals surface area contributed by atoms with Crippen molar-refractivity contribution in [3.63, 3.8) is 0 Å². The van der Waals surface area contributed by atoms with Gasteiger partial charge in [-0.05, 0) is 50.6 Å². The molecule has 0 atom stereocenters. The molecule has 0 saturated carbocycles. The van der Waals surface area contributed by atoms with E-state index < -0.39 is 11.7 Å². The Bertz CT molecular complexity index is 738. The number of carbonyl (C=O) groups excluding carboxylic acids is 2. The van der Waals surface area contributed by atoms with Gasteiger partial charge >= 0.3 is 6.09 Å². The molecule has 1 aromatic heterocycles. The second kappa shape index (κ2) is 7.98. The Kier molecular flexibility index (Phi) is 5.98. The molecular weight excluding hydrogens is 342 g/mol. The van der Waals surface area contributed by atoms with Gasteiger partial charge in [0.1, 0.15) is 11.4 Å². The summed E-state index contributed by atoms with van der Waals surface area (Å²) in [6.45, 7) is 5.72. The van der Waals surface area contributed by atoms with Gasteiger partial charge in [0, 0.05) is 18.3 Å². The van der Waals surface area contributed by atoms with Crippen LogP contribution in [0.25, 0.3) is 0 Å². The van der Waals surface area contributed by atoms with E-state index in [0.717, 1.165) is 5.56 Å². The van der Waals surface area contributed by atoms with Crippen LogP contribution in [0.1, 0.15) is 36.7 Å². The molecule has 0 aliphatic heterocycles. The standard InChI is InChI=1S/C18H20ClN3O3/c1-18(2,3)25-17(24)21-10-12-4-6-13(7-5-12)16(23)22-15-9-8-14(19)11-20-15/h4-9,11H,10H2,1-3H3,(H,21,24)(H,20,22,23). The summed E-state index contributed by atoms with van der Waals surface area (Å²) in [6, 6.07) is 10.2. The van der Waals surface area contributed by atoms with E-state index in [-0.39, 0.29) is 5.91 Å². The van der Waals surface area contributed by atoms with E-state index in [2.05, 4.69) is 15.6 Å². The van der Waals surface area contributed by atoms with Crippen molar-refractivity contribution in [2.45, 2.75) is 32.9 Å². The number of carbonyl (C=O) groups is 2. The van der Waals surface area contributed by atoms with Crippen LogP contribution in [0.15, 0.2) is 42.6 Å². The number of rotatable bonds is 4. The summed E-state index contributed by atoms with van der Waals surface area (Å²) in [7, 11) is 0. The van der Waals surface area contributed by atoms with Gasteiger partial charge < -0.3 is 15.4 Å². The van der Waals surface area contributed by atoms with Crippen molar-refractivity contribution >= 4 is 29.4 Å². The SMILES string of the molecule is CC(C)(C)OC(=O)NCc1ccc(C(=O)Nc2ccc(Cl)cn2)cc1. The molecule has 0 fully saturated rings. The van der Waals surface area contributed by atoms with Crippen LogP contribution in [0.2, 0.25) is 5.02 Å². The molecule has 2 amide bonds. The monoisotopic (exact) mass is 361 g/mol. The fourth-order valence-corrected chi connectivity index (χ4v) is 2.01. The van der Waals surface area contributed by atoms with Crippen LogP contribution in [-0.4, -0.2) is 22.6 Å². The summed E-state index contributed by atoms with van der Waals surface area (Å²) < 4.78 is 5.17. The van der Waals surface area contributed by atoms with Crippen molar-refractivity contribution in [2.75, 3.05) is 5.32 Å². The molecule has 1 heterocycles. The van der Waals surface area contributed by atoms with Crippen LogP contribution in [0, 0.1) is 0 Å². The Balaban J connectivity index is 1.89. The number of halogens is 1. The molecule has 6 nitrogen and oxygen atoms in total. The van der Waals surface area contributed by atoms with Crippen LogP contribution < -0.4 is 10.6 Å². The van der Waals surface area contributed by atoms with Crippen LogP contribution in [-0.2, 0) is 11.3 Å². The summed E-state index contributed by atoms with van der Waals surface area (Å²) in [4.78, 5) is 27.8. The van der Waals surface area contributed by atoms with E-state index in [9.17, 15) is 9.59 Å². The van der Waals surface area contributed by atoms with Crippen LogP contribution in [0.4, 0.5) is 10.6 Å². The lowest BCUT2D eigenvalue weighted by atomic mass is 10.1. The molecule has 132 valence electrons. The van der Waals surface area contributed by atoms with E-state index in [1.807, 2.05) is 0 Å². The zero-order chi connectivity index (χ0) is 18.4. The first-order chi connectivity index (χ1) is 11.7. The Morgan fingerprint density at radius 3 is 2.36 bits per heavy atom. The highest BCUT2D eigenvalue weighted by molar-refractivity contribution is 6.30. The van der Waals surface area contributed by atoms with Crippen LogP contribution >= 0.6 is 11.6 Å². The Hall–Kier alpha value is -2.60. The van der Waals surface area contributed by atoms with Crippen molar-refractivity contribution in [3.8, 4) is 0 Å². The number of anilines is 1. The second-order valence-electron chi connectivity index (χ2n) is 6.37. The van der Waals surface area contributed by atoms with Crippen LogP contribution in [0.5, 0.6) is 0 Å². The number of alkyl carbamates (subject to hydrolysis) is 1. The zero-order valence-corrected chi connectivity index (χ0v) is 15.1. The topological polar surface area (TPSA) is 80.3 Å². The number of pyridine rings is 1. The van der Waals surface area contributed by atoms with Crippen LogP contribution in [0.3, 0.4) is 0 Å². The fraction of sp³-hybridized carbons (Fsp3) is 0.278. The largest absolute Gasteiger partial charge is 0.444 e. The molecule has 0 spiro atoms. The van der Waals surface area contributed by atoms with E-state index in [0.29, 0.717) is 22.9 Å². The Morgan fingerprint density at radius 1 is 1.12 bits per heavy atom. The summed E-state index contributed by atoms with van der Waals surface area (Å²) >= 11 is 5.76. The Morgan fingerprint density at radius 2 is 1.80 bits per heavy atom. The highest BCUT2D eigenvalue weighted by Gasteiger charge is 2.15. The van der Waals surface area contributed by atoms with Gasteiger partial charge in [-0.1, -0.05) is 23.7 Å². The first kappa shape index (κ1) is 18.7. The number of benzene rings is 1. The normalized spacial score (nSPS) is 10.9. The van der Waals surface area contributed by atoms with E-state index >= 15 is 0 Å². The lowest BCUT2D eigenvalue weighted by molar-refractivity contribution is 0.0523. The number of amides is 2. The molecule has 0 saturated heterocycles. The second-order valence-corrected chi connectivity index (χ2v) is 6.80. The third kappa shape index (κ3) is 6.43. The van der Waals surface area contributed by atoms with Gasteiger partial charge in [-0.3, -0.25) is 4.79 Å². The summed E-state index contributed by atoms with van der Waals surface area (Å²) in [6.07, 6.45) is 0.978. The van der Waals surface area contributed by atoms with E-state index in [1.54, 1.807) is 57.2 Å². The van der Waals surface area contributed by atoms with E-state index in [1.165, 1.54) is 6.20 Å². The average molecular weight is 362 g/mol. The minimum atomic E-state index is -0.540. The first-order valence-corrected chi connectivity index (χ1v) is 8.09. The predicted molar refractivity (Wildman–Crippen MR) is 96.7 cm³/mol. The predicted octanol–water partition coefficient (Wildman–Crippen LogP) is 4.01. The minimum absolute atomic E-state index is 0.276. The number of nitrogens with one attached hydrogen (secondary N) is 2. The third-order valence-electron chi connectivity index (χ3n) is 3.02. The molecule has 0 radical (unpaired) electrons. The van der Waals surface area contributed by atoms with Crippen molar-refractivity contribution in [3.05, 3.63) is 58.7 Å². The number of hydrogen-bond acceptors (Lipinski definition) is 4. The molecule has 0 aliphatic rings. The van der Waals surface area contributed by atoms with Crippen molar-refractivity contribution in [1.82, 2.24) is 10.3 Å². The third-order valence-corrected chi connectivity index (χ3v) is 3.24. The first-order valence-electron chi connectivity index (χ1n) is 7.72. The zero-order valence-electron chi connectivity index (χ0n) is 14.3. The maximum atomic E-state index is 12.2. The molecule has 7 heteroatoms. The quantitative estimate of drug-likeness (QED) is 0.862. The van der Waals surface area contributed by atoms with Gasteiger partial charge in [0.2, 0.25) is 0 Å². The molecule has 0 bridgehead atoms. The maximum Gasteiger partial charge on any atom is 0.407 e. The van der Waals surface area contributed by atoms with Gasteiger partial charge in [0.25, 0.3) is 5.91 Å². The lowest BCUT2D eigenvalue weighted by Gasteiger charge is -2.19. The molecule has 2 rings (SSSR count). The minimum Gasteiger partial charge on any atom is -0.444 e. The van der Waals surface area contributed by atoms with Gasteiger partial charge in [-0.15, -0.1) is 0 Å². The number of hydrogen-bond donors (Lipinski definition) is 2. The van der Waals surface area contributed by atoms with Crippen molar-refractivity contribution in [2.24, 2.45) is 0 Å². The fourth-order valence-electron chi connectivity index (χ4n) is 1.90. The summed E-state index contributed by atoms with van der Waals surface area (Å²) in [5.74, 6) is 0.145. The number of ether oxygens (including phenoxy) is 1.